The van der Waals surface area contributed by atoms with Crippen LogP contribution in [0, 0.1) is 0 Å². The van der Waals surface area contributed by atoms with Crippen LogP contribution in [0.25, 0.3) is 11.4 Å². The molecule has 0 atom stereocenters. The van der Waals surface area contributed by atoms with E-state index in [1.165, 1.54) is 5.69 Å². The first kappa shape index (κ1) is 20.4. The lowest BCUT2D eigenvalue weighted by atomic mass is 10.2. The van der Waals surface area contributed by atoms with Crippen LogP contribution in [0.3, 0.4) is 0 Å². The molecular formula is C20H28N6OS. The molecule has 0 saturated carbocycles. The monoisotopic (exact) mass is 400 g/mol. The van der Waals surface area contributed by atoms with Crippen molar-refractivity contribution < 1.29 is 4.52 Å². The van der Waals surface area contributed by atoms with Gasteiger partial charge in [-0.2, -0.15) is 4.98 Å². The summed E-state index contributed by atoms with van der Waals surface area (Å²) in [6, 6.07) is 8.54. The molecule has 0 N–H and O–H groups in total. The second-order valence-corrected chi connectivity index (χ2v) is 7.36. The number of hydrogen-bond acceptors (Lipinski definition) is 7. The minimum absolute atomic E-state index is 0.593. The zero-order valence-corrected chi connectivity index (χ0v) is 17.9. The molecule has 2 heterocycles. The number of thioether (sulfide) groups is 1. The van der Waals surface area contributed by atoms with Gasteiger partial charge < -0.3 is 14.0 Å². The molecule has 0 aliphatic carbocycles. The van der Waals surface area contributed by atoms with Crippen molar-refractivity contribution in [3.8, 4) is 11.4 Å². The predicted molar refractivity (Wildman–Crippen MR) is 113 cm³/mol. The first-order chi connectivity index (χ1) is 13.7. The van der Waals surface area contributed by atoms with Gasteiger partial charge in [-0.25, -0.2) is 0 Å². The van der Waals surface area contributed by atoms with Crippen LogP contribution >= 0.6 is 11.8 Å². The van der Waals surface area contributed by atoms with Gasteiger partial charge in [0.2, 0.25) is 5.89 Å². The van der Waals surface area contributed by atoms with Crippen molar-refractivity contribution in [2.45, 2.75) is 58.0 Å². The zero-order valence-electron chi connectivity index (χ0n) is 17.1. The molecule has 0 saturated heterocycles. The Bertz CT molecular complexity index is 869. The van der Waals surface area contributed by atoms with E-state index in [4.69, 9.17) is 4.52 Å². The Balaban J connectivity index is 1.74. The topological polar surface area (TPSA) is 72.9 Å². The third-order valence-corrected chi connectivity index (χ3v) is 5.55. The van der Waals surface area contributed by atoms with Crippen LogP contribution in [0.5, 0.6) is 0 Å². The van der Waals surface area contributed by atoms with Gasteiger partial charge in [-0.3, -0.25) is 0 Å². The summed E-state index contributed by atoms with van der Waals surface area (Å²) in [4.78, 5) is 6.74. The van der Waals surface area contributed by atoms with Gasteiger partial charge >= 0.3 is 0 Å². The molecule has 7 nitrogen and oxygen atoms in total. The van der Waals surface area contributed by atoms with Crippen molar-refractivity contribution in [2.75, 3.05) is 18.0 Å². The van der Waals surface area contributed by atoms with E-state index < -0.39 is 0 Å². The Morgan fingerprint density at radius 3 is 2.43 bits per heavy atom. The van der Waals surface area contributed by atoms with Gasteiger partial charge in [-0.15, -0.1) is 10.2 Å². The Kier molecular flexibility index (Phi) is 7.08. The second-order valence-electron chi connectivity index (χ2n) is 6.41. The molecule has 28 heavy (non-hydrogen) atoms. The Labute approximate surface area is 170 Å². The highest BCUT2D eigenvalue weighted by atomic mass is 32.2. The maximum Gasteiger partial charge on any atom is 0.237 e. The van der Waals surface area contributed by atoms with Crippen molar-refractivity contribution in [1.29, 1.82) is 0 Å². The van der Waals surface area contributed by atoms with Crippen LogP contribution in [0.4, 0.5) is 5.69 Å². The van der Waals surface area contributed by atoms with Crippen LogP contribution in [0.15, 0.2) is 33.9 Å². The van der Waals surface area contributed by atoms with E-state index in [2.05, 4.69) is 81.8 Å². The minimum atomic E-state index is 0.593. The molecule has 1 aromatic carbocycles. The van der Waals surface area contributed by atoms with Crippen LogP contribution in [-0.4, -0.2) is 38.0 Å². The number of nitrogens with zero attached hydrogens (tertiary/aromatic N) is 6. The summed E-state index contributed by atoms with van der Waals surface area (Å²) < 4.78 is 7.44. The van der Waals surface area contributed by atoms with Gasteiger partial charge in [0, 0.05) is 37.3 Å². The molecule has 0 amide bonds. The third-order valence-electron chi connectivity index (χ3n) is 4.60. The lowest BCUT2D eigenvalue weighted by Gasteiger charge is -2.21. The summed E-state index contributed by atoms with van der Waals surface area (Å²) >= 11 is 1.57. The molecule has 3 rings (SSSR count). The van der Waals surface area contributed by atoms with Gasteiger partial charge in [-0.1, -0.05) is 23.8 Å². The molecule has 0 unspecified atom stereocenters. The van der Waals surface area contributed by atoms with Crippen molar-refractivity contribution in [3.63, 3.8) is 0 Å². The SMILES string of the molecule is CCCc1noc(CSc2nnc(-c3ccc(N(CC)CC)cc3)n2CC)n1. The minimum Gasteiger partial charge on any atom is -0.372 e. The molecule has 0 spiro atoms. The highest BCUT2D eigenvalue weighted by Gasteiger charge is 2.15. The Morgan fingerprint density at radius 1 is 1.04 bits per heavy atom. The van der Waals surface area contributed by atoms with Gasteiger partial charge in [0.15, 0.2) is 16.8 Å². The molecule has 150 valence electrons. The second kappa shape index (κ2) is 9.73. The molecule has 0 aliphatic heterocycles. The number of benzene rings is 1. The number of anilines is 1. The van der Waals surface area contributed by atoms with Crippen LogP contribution < -0.4 is 4.90 Å². The van der Waals surface area contributed by atoms with Gasteiger partial charge in [0.05, 0.1) is 5.75 Å². The summed E-state index contributed by atoms with van der Waals surface area (Å²) in [7, 11) is 0. The van der Waals surface area contributed by atoms with Gasteiger partial charge in [0.1, 0.15) is 0 Å². The molecular weight excluding hydrogens is 372 g/mol. The molecule has 3 aromatic rings. The number of aromatic nitrogens is 5. The van der Waals surface area contributed by atoms with Crippen LogP contribution in [0.1, 0.15) is 45.8 Å². The van der Waals surface area contributed by atoms with E-state index in [1.807, 2.05) is 0 Å². The van der Waals surface area contributed by atoms with Crippen LogP contribution in [-0.2, 0) is 18.7 Å². The standard InChI is InChI=1S/C20H28N6OS/c1-5-9-17-21-18(27-24-17)14-28-20-23-22-19(26(20)8-4)15-10-12-16(13-11-15)25(6-2)7-3/h10-13H,5-9,14H2,1-4H3. The average molecular weight is 401 g/mol. The van der Waals surface area contributed by atoms with E-state index >= 15 is 0 Å². The number of rotatable bonds is 10. The molecule has 0 fully saturated rings. The molecule has 0 radical (unpaired) electrons. The van der Waals surface area contributed by atoms with E-state index in [1.54, 1.807) is 11.8 Å². The first-order valence-corrected chi connectivity index (χ1v) is 10.9. The van der Waals surface area contributed by atoms with Crippen molar-refractivity contribution in [2.24, 2.45) is 0 Å². The first-order valence-electron chi connectivity index (χ1n) is 9.92. The summed E-state index contributed by atoms with van der Waals surface area (Å²) in [5.41, 5.74) is 2.30. The largest absolute Gasteiger partial charge is 0.372 e. The van der Waals surface area contributed by atoms with Gasteiger partial charge in [-0.05, 0) is 51.5 Å². The van der Waals surface area contributed by atoms with E-state index in [-0.39, 0.29) is 0 Å². The molecule has 0 bridgehead atoms. The summed E-state index contributed by atoms with van der Waals surface area (Å²) in [6.07, 6.45) is 1.85. The smallest absolute Gasteiger partial charge is 0.237 e. The van der Waals surface area contributed by atoms with Crippen molar-refractivity contribution in [3.05, 3.63) is 36.0 Å². The average Bonchev–Trinajstić information content (AvgIpc) is 3.34. The summed E-state index contributed by atoms with van der Waals surface area (Å²) in [5, 5.41) is 13.7. The van der Waals surface area contributed by atoms with E-state index in [9.17, 15) is 0 Å². The lowest BCUT2D eigenvalue weighted by Crippen LogP contribution is -2.21. The fourth-order valence-corrected chi connectivity index (χ4v) is 3.94. The predicted octanol–water partition coefficient (Wildman–Crippen LogP) is 4.44. The highest BCUT2D eigenvalue weighted by molar-refractivity contribution is 7.98. The lowest BCUT2D eigenvalue weighted by molar-refractivity contribution is 0.384. The molecule has 8 heteroatoms. The summed E-state index contributed by atoms with van der Waals surface area (Å²) in [5.74, 6) is 2.87. The quantitative estimate of drug-likeness (QED) is 0.466. The summed E-state index contributed by atoms with van der Waals surface area (Å²) in [6.45, 7) is 11.3. The zero-order chi connectivity index (χ0) is 19.9. The number of aryl methyl sites for hydroxylation is 1. The Morgan fingerprint density at radius 2 is 1.79 bits per heavy atom. The van der Waals surface area contributed by atoms with E-state index in [0.29, 0.717) is 11.6 Å². The Hall–Kier alpha value is -2.35. The molecule has 0 aliphatic rings. The fourth-order valence-electron chi connectivity index (χ4n) is 3.10. The van der Waals surface area contributed by atoms with Crippen molar-refractivity contribution in [1.82, 2.24) is 24.9 Å². The van der Waals surface area contributed by atoms with E-state index in [0.717, 1.165) is 54.8 Å². The maximum absolute atomic E-state index is 5.32. The highest BCUT2D eigenvalue weighted by Crippen LogP contribution is 2.27. The van der Waals surface area contributed by atoms with Crippen LogP contribution in [0.2, 0.25) is 0 Å². The molecule has 2 aromatic heterocycles. The van der Waals surface area contributed by atoms with Crippen molar-refractivity contribution >= 4 is 17.4 Å². The third kappa shape index (κ3) is 4.55. The fraction of sp³-hybridized carbons (Fsp3) is 0.500. The number of hydrogen-bond donors (Lipinski definition) is 0. The maximum atomic E-state index is 5.32. The van der Waals surface area contributed by atoms with Gasteiger partial charge in [0.25, 0.3) is 0 Å². The normalized spacial score (nSPS) is 11.1.